The highest BCUT2D eigenvalue weighted by molar-refractivity contribution is 6.05. The van der Waals surface area contributed by atoms with Gasteiger partial charge in [0.05, 0.1) is 0 Å². The molecule has 158 valence electrons. The predicted molar refractivity (Wildman–Crippen MR) is 112 cm³/mol. The quantitative estimate of drug-likeness (QED) is 0.392. The first-order chi connectivity index (χ1) is 14.5. The van der Waals surface area contributed by atoms with E-state index >= 15 is 0 Å². The van der Waals surface area contributed by atoms with Crippen LogP contribution in [0.1, 0.15) is 66.4 Å². The molecule has 0 bridgehead atoms. The van der Waals surface area contributed by atoms with Gasteiger partial charge in [0.25, 0.3) is 5.91 Å². The highest BCUT2D eigenvalue weighted by atomic mass is 16.2. The molecule has 7 nitrogen and oxygen atoms in total. The molecule has 3 aliphatic rings. The highest BCUT2D eigenvalue weighted by Gasteiger charge is 2.39. The van der Waals surface area contributed by atoms with Crippen LogP contribution >= 0.6 is 0 Å². The van der Waals surface area contributed by atoms with Crippen LogP contribution in [-0.4, -0.2) is 47.3 Å². The van der Waals surface area contributed by atoms with Crippen LogP contribution in [0.5, 0.6) is 0 Å². The molecule has 30 heavy (non-hydrogen) atoms. The summed E-state index contributed by atoms with van der Waals surface area (Å²) in [4.78, 5) is 38.0. The summed E-state index contributed by atoms with van der Waals surface area (Å²) in [5.41, 5.74) is 8.25. The lowest BCUT2D eigenvalue weighted by Crippen LogP contribution is -2.52. The summed E-state index contributed by atoms with van der Waals surface area (Å²) in [6, 6.07) is 5.82. The number of carbonyl (C=O) groups is 3. The number of amides is 3. The summed E-state index contributed by atoms with van der Waals surface area (Å²) in [6.45, 7) is 1.19. The van der Waals surface area contributed by atoms with E-state index in [4.69, 9.17) is 5.73 Å². The molecule has 4 rings (SSSR count). The zero-order valence-corrected chi connectivity index (χ0v) is 17.1. The molecule has 1 atom stereocenters. The molecule has 1 aliphatic carbocycles. The number of nitrogens with zero attached hydrogens (tertiary/aromatic N) is 1. The van der Waals surface area contributed by atoms with Crippen molar-refractivity contribution in [2.75, 3.05) is 6.54 Å². The van der Waals surface area contributed by atoms with Crippen molar-refractivity contribution < 1.29 is 14.4 Å². The first-order valence-electron chi connectivity index (χ1n) is 10.8. The van der Waals surface area contributed by atoms with Gasteiger partial charge < -0.3 is 16.0 Å². The number of nitrogens with one attached hydrogen (secondary N) is 2. The summed E-state index contributed by atoms with van der Waals surface area (Å²) in [5, 5.41) is 5.89. The second kappa shape index (κ2) is 8.99. The van der Waals surface area contributed by atoms with E-state index in [1.54, 1.807) is 11.0 Å². The molecule has 2 aliphatic heterocycles. The maximum absolute atomic E-state index is 12.8. The highest BCUT2D eigenvalue weighted by Crippen LogP contribution is 2.29. The topological polar surface area (TPSA) is 105 Å². The molecule has 7 heteroatoms. The molecule has 3 amide bonds. The van der Waals surface area contributed by atoms with Crippen LogP contribution in [-0.2, 0) is 16.1 Å². The predicted octanol–water partition coefficient (Wildman–Crippen LogP) is 1.05. The summed E-state index contributed by atoms with van der Waals surface area (Å²) in [6.07, 6.45) is 5.76. The van der Waals surface area contributed by atoms with Gasteiger partial charge >= 0.3 is 0 Å². The number of hydrogen-bond acceptors (Lipinski definition) is 5. The second-order valence-electron chi connectivity index (χ2n) is 8.35. The normalized spacial score (nSPS) is 26.1. The Bertz CT molecular complexity index is 909. The van der Waals surface area contributed by atoms with Gasteiger partial charge in [0.2, 0.25) is 11.8 Å². The Morgan fingerprint density at radius 2 is 1.93 bits per heavy atom. The summed E-state index contributed by atoms with van der Waals surface area (Å²) in [7, 11) is 0. The van der Waals surface area contributed by atoms with Crippen LogP contribution in [0.3, 0.4) is 0 Å². The van der Waals surface area contributed by atoms with Gasteiger partial charge in [0.15, 0.2) is 0 Å². The van der Waals surface area contributed by atoms with Crippen molar-refractivity contribution in [3.8, 4) is 11.8 Å². The number of hydrogen-bond donors (Lipinski definition) is 3. The fraction of sp³-hybridized carbons (Fsp3) is 0.522. The third kappa shape index (κ3) is 4.40. The molecule has 1 aromatic carbocycles. The van der Waals surface area contributed by atoms with Crippen LogP contribution in [0.2, 0.25) is 0 Å². The van der Waals surface area contributed by atoms with Gasteiger partial charge in [0.1, 0.15) is 6.04 Å². The van der Waals surface area contributed by atoms with Crippen LogP contribution in [0.4, 0.5) is 0 Å². The van der Waals surface area contributed by atoms with Gasteiger partial charge in [0, 0.05) is 49.1 Å². The average molecular weight is 409 g/mol. The maximum atomic E-state index is 12.8. The van der Waals surface area contributed by atoms with Crippen molar-refractivity contribution in [1.82, 2.24) is 15.5 Å². The number of imide groups is 1. The first kappa shape index (κ1) is 20.6. The fourth-order valence-corrected chi connectivity index (χ4v) is 4.52. The Labute approximate surface area is 176 Å². The van der Waals surface area contributed by atoms with E-state index in [1.165, 1.54) is 0 Å². The molecule has 2 fully saturated rings. The molecule has 1 saturated carbocycles. The minimum Gasteiger partial charge on any atom is -0.328 e. The minimum atomic E-state index is -0.601. The van der Waals surface area contributed by atoms with E-state index in [2.05, 4.69) is 22.5 Å². The summed E-state index contributed by atoms with van der Waals surface area (Å²) >= 11 is 0. The molecule has 4 N–H and O–H groups in total. The van der Waals surface area contributed by atoms with Gasteiger partial charge in [-0.05, 0) is 49.8 Å². The minimum absolute atomic E-state index is 0.166. The Kier molecular flexibility index (Phi) is 6.16. The number of nitrogens with two attached hydrogens (primary N) is 1. The van der Waals surface area contributed by atoms with Crippen molar-refractivity contribution in [2.24, 2.45) is 5.73 Å². The van der Waals surface area contributed by atoms with E-state index < -0.39 is 11.9 Å². The number of carbonyl (C=O) groups excluding carboxylic acids is 3. The van der Waals surface area contributed by atoms with E-state index in [0.717, 1.165) is 49.8 Å². The Balaban J connectivity index is 1.37. The molecule has 1 aromatic rings. The van der Waals surface area contributed by atoms with E-state index in [1.807, 2.05) is 12.1 Å². The van der Waals surface area contributed by atoms with Gasteiger partial charge in [-0.2, -0.15) is 0 Å². The Hall–Kier alpha value is -2.69. The molecule has 0 spiro atoms. The Morgan fingerprint density at radius 1 is 1.13 bits per heavy atom. The monoisotopic (exact) mass is 408 g/mol. The molecule has 2 heterocycles. The van der Waals surface area contributed by atoms with Crippen molar-refractivity contribution in [3.05, 3.63) is 34.9 Å². The lowest BCUT2D eigenvalue weighted by molar-refractivity contribution is -0.136. The second-order valence-corrected chi connectivity index (χ2v) is 8.35. The van der Waals surface area contributed by atoms with Crippen molar-refractivity contribution in [3.63, 3.8) is 0 Å². The van der Waals surface area contributed by atoms with E-state index in [0.29, 0.717) is 30.6 Å². The molecule has 1 unspecified atom stereocenters. The van der Waals surface area contributed by atoms with Crippen LogP contribution in [0.15, 0.2) is 18.2 Å². The fourth-order valence-electron chi connectivity index (χ4n) is 4.52. The van der Waals surface area contributed by atoms with Crippen molar-refractivity contribution in [1.29, 1.82) is 0 Å². The van der Waals surface area contributed by atoms with Crippen LogP contribution in [0, 0.1) is 11.8 Å². The number of piperidine rings is 1. The van der Waals surface area contributed by atoms with E-state index in [-0.39, 0.29) is 18.2 Å². The van der Waals surface area contributed by atoms with Crippen molar-refractivity contribution in [2.45, 2.75) is 69.6 Å². The standard InChI is InChI=1S/C23H28N4O3/c24-16-7-9-17(10-8-16)25-13-2-1-4-15-5-3-6-18-19(15)14-27(23(18)30)20-11-12-21(28)26-22(20)29/h3,5-6,16-17,20,25H,2,7-14,24H2,(H,26,28,29)/t16-,17+,20?. The van der Waals surface area contributed by atoms with Gasteiger partial charge in [-0.25, -0.2) is 0 Å². The molecule has 0 radical (unpaired) electrons. The van der Waals surface area contributed by atoms with Crippen LogP contribution in [0.25, 0.3) is 0 Å². The molecular weight excluding hydrogens is 380 g/mol. The number of benzene rings is 1. The van der Waals surface area contributed by atoms with E-state index in [9.17, 15) is 14.4 Å². The third-order valence-corrected chi connectivity index (χ3v) is 6.26. The van der Waals surface area contributed by atoms with Gasteiger partial charge in [-0.1, -0.05) is 17.9 Å². The molecule has 1 saturated heterocycles. The van der Waals surface area contributed by atoms with Crippen molar-refractivity contribution >= 4 is 17.7 Å². The number of fused-ring (bicyclic) bond motifs is 1. The lowest BCUT2D eigenvalue weighted by Gasteiger charge is -2.29. The molecule has 0 aromatic heterocycles. The maximum Gasteiger partial charge on any atom is 0.255 e. The summed E-state index contributed by atoms with van der Waals surface area (Å²) in [5.74, 6) is 5.58. The molecular formula is C23H28N4O3. The Morgan fingerprint density at radius 3 is 2.70 bits per heavy atom. The summed E-state index contributed by atoms with van der Waals surface area (Å²) < 4.78 is 0. The lowest BCUT2D eigenvalue weighted by atomic mass is 9.92. The number of rotatable bonds is 4. The smallest absolute Gasteiger partial charge is 0.255 e. The SMILES string of the molecule is N[C@H]1CC[C@@H](NCCC#Cc2cccc3c2CN(C2CCC(=O)NC2=O)C3=O)CC1. The first-order valence-corrected chi connectivity index (χ1v) is 10.8. The zero-order valence-electron chi connectivity index (χ0n) is 17.1. The zero-order chi connectivity index (χ0) is 21.1. The van der Waals surface area contributed by atoms with Gasteiger partial charge in [-0.15, -0.1) is 0 Å². The van der Waals surface area contributed by atoms with Gasteiger partial charge in [-0.3, -0.25) is 19.7 Å². The van der Waals surface area contributed by atoms with Crippen LogP contribution < -0.4 is 16.4 Å². The largest absolute Gasteiger partial charge is 0.328 e. The third-order valence-electron chi connectivity index (χ3n) is 6.26. The average Bonchev–Trinajstić information content (AvgIpc) is 3.06.